The molecule has 0 aliphatic rings. The maximum atomic E-state index is 4.65. The summed E-state index contributed by atoms with van der Waals surface area (Å²) in [6.45, 7) is 16.0. The molecule has 0 saturated heterocycles. The Labute approximate surface area is 117 Å². The Hall–Kier alpha value is -1.42. The van der Waals surface area contributed by atoms with Gasteiger partial charge in [0, 0.05) is 25.8 Å². The molecule has 4 heteroatoms. The minimum absolute atomic E-state index is 0.645. The Morgan fingerprint density at radius 3 is 2.74 bits per heavy atom. The average Bonchev–Trinajstić information content (AvgIpc) is 2.35. The van der Waals surface area contributed by atoms with E-state index in [0.717, 1.165) is 43.3 Å². The smallest absolute Gasteiger partial charge is 0.147 e. The molecule has 0 aliphatic carbocycles. The highest BCUT2D eigenvalue weighted by molar-refractivity contribution is 5.37. The van der Waals surface area contributed by atoms with Crippen LogP contribution in [0.1, 0.15) is 33.4 Å². The summed E-state index contributed by atoms with van der Waals surface area (Å²) in [5.41, 5.74) is 2.12. The number of likely N-dealkylation sites (N-methyl/N-ethyl adjacent to an activating group) is 1. The number of nitrogens with one attached hydrogen (secondary N) is 1. The van der Waals surface area contributed by atoms with Crippen molar-refractivity contribution in [2.75, 3.05) is 24.5 Å². The first-order valence-corrected chi connectivity index (χ1v) is 6.93. The minimum Gasteiger partial charge on any atom is -0.352 e. The highest BCUT2D eigenvalue weighted by atomic mass is 15.2. The van der Waals surface area contributed by atoms with Crippen LogP contribution < -0.4 is 10.2 Å². The highest BCUT2D eigenvalue weighted by Gasteiger charge is 2.07. The zero-order chi connectivity index (χ0) is 14.3. The summed E-state index contributed by atoms with van der Waals surface area (Å²) in [7, 11) is 0. The molecule has 0 aliphatic heterocycles. The lowest BCUT2D eigenvalue weighted by molar-refractivity contribution is 0.547. The van der Waals surface area contributed by atoms with Crippen molar-refractivity contribution in [1.82, 2.24) is 15.3 Å². The van der Waals surface area contributed by atoms with E-state index in [2.05, 4.69) is 47.5 Å². The predicted molar refractivity (Wildman–Crippen MR) is 81.3 cm³/mol. The molecule has 0 unspecified atom stereocenters. The summed E-state index contributed by atoms with van der Waals surface area (Å²) in [5, 5.41) is 3.39. The molecule has 0 bridgehead atoms. The number of hydrogen-bond acceptors (Lipinski definition) is 4. The first kappa shape index (κ1) is 15.6. The van der Waals surface area contributed by atoms with Gasteiger partial charge in [-0.3, -0.25) is 4.98 Å². The van der Waals surface area contributed by atoms with Gasteiger partial charge in [-0.1, -0.05) is 26.0 Å². The lowest BCUT2D eigenvalue weighted by Crippen LogP contribution is -2.26. The number of rotatable bonds is 8. The monoisotopic (exact) mass is 262 g/mol. The largest absolute Gasteiger partial charge is 0.352 e. The van der Waals surface area contributed by atoms with E-state index in [1.54, 1.807) is 0 Å². The second-order valence-corrected chi connectivity index (χ2v) is 5.36. The van der Waals surface area contributed by atoms with E-state index < -0.39 is 0 Å². The van der Waals surface area contributed by atoms with Crippen LogP contribution in [0.25, 0.3) is 0 Å². The van der Waals surface area contributed by atoms with Gasteiger partial charge in [0.25, 0.3) is 0 Å². The summed E-state index contributed by atoms with van der Waals surface area (Å²) in [4.78, 5) is 11.1. The fourth-order valence-electron chi connectivity index (χ4n) is 1.80. The predicted octanol–water partition coefficient (Wildman–Crippen LogP) is 2.62. The van der Waals surface area contributed by atoms with Gasteiger partial charge in [0.2, 0.25) is 0 Å². The van der Waals surface area contributed by atoms with E-state index in [9.17, 15) is 0 Å². The molecule has 0 fully saturated rings. The van der Waals surface area contributed by atoms with Crippen LogP contribution in [0.4, 0.5) is 5.82 Å². The summed E-state index contributed by atoms with van der Waals surface area (Å²) < 4.78 is 0. The van der Waals surface area contributed by atoms with Crippen LogP contribution in [0.2, 0.25) is 0 Å². The van der Waals surface area contributed by atoms with Gasteiger partial charge < -0.3 is 10.2 Å². The molecule has 106 valence electrons. The number of nitrogens with zero attached hydrogens (tertiary/aromatic N) is 3. The number of aromatic nitrogens is 2. The SMILES string of the molecule is C=C(C)CN(CC)c1cncc(CNCC(C)C)n1. The van der Waals surface area contributed by atoms with Crippen LogP contribution in [-0.4, -0.2) is 29.6 Å². The van der Waals surface area contributed by atoms with E-state index in [-0.39, 0.29) is 0 Å². The van der Waals surface area contributed by atoms with Gasteiger partial charge in [-0.2, -0.15) is 0 Å². The molecule has 0 aromatic carbocycles. The highest BCUT2D eigenvalue weighted by Crippen LogP contribution is 2.11. The zero-order valence-corrected chi connectivity index (χ0v) is 12.6. The van der Waals surface area contributed by atoms with Gasteiger partial charge in [0.05, 0.1) is 11.9 Å². The van der Waals surface area contributed by atoms with Crippen molar-refractivity contribution in [2.45, 2.75) is 34.2 Å². The molecule has 0 amide bonds. The van der Waals surface area contributed by atoms with Crippen LogP contribution in [0, 0.1) is 5.92 Å². The number of hydrogen-bond donors (Lipinski definition) is 1. The second-order valence-electron chi connectivity index (χ2n) is 5.36. The number of anilines is 1. The van der Waals surface area contributed by atoms with Crippen molar-refractivity contribution in [3.63, 3.8) is 0 Å². The molecular formula is C15H26N4. The van der Waals surface area contributed by atoms with Gasteiger partial charge >= 0.3 is 0 Å². The van der Waals surface area contributed by atoms with Gasteiger partial charge in [-0.25, -0.2) is 4.98 Å². The fourth-order valence-corrected chi connectivity index (χ4v) is 1.80. The van der Waals surface area contributed by atoms with Crippen LogP contribution >= 0.6 is 0 Å². The molecule has 19 heavy (non-hydrogen) atoms. The minimum atomic E-state index is 0.645. The van der Waals surface area contributed by atoms with E-state index in [0.29, 0.717) is 5.92 Å². The van der Waals surface area contributed by atoms with Crippen molar-refractivity contribution in [3.05, 3.63) is 30.2 Å². The first-order valence-electron chi connectivity index (χ1n) is 6.93. The normalized spacial score (nSPS) is 10.8. The molecule has 1 aromatic heterocycles. The van der Waals surface area contributed by atoms with Gasteiger partial charge in [0.15, 0.2) is 0 Å². The molecule has 0 radical (unpaired) electrons. The maximum absolute atomic E-state index is 4.65. The Balaban J connectivity index is 2.66. The summed E-state index contributed by atoms with van der Waals surface area (Å²) in [6, 6.07) is 0. The third-order valence-electron chi connectivity index (χ3n) is 2.70. The summed E-state index contributed by atoms with van der Waals surface area (Å²) in [5.74, 6) is 1.57. The first-order chi connectivity index (χ1) is 9.02. The van der Waals surface area contributed by atoms with Crippen molar-refractivity contribution < 1.29 is 0 Å². The molecule has 1 rings (SSSR count). The van der Waals surface area contributed by atoms with E-state index in [1.807, 2.05) is 19.3 Å². The van der Waals surface area contributed by atoms with Crippen LogP contribution in [0.3, 0.4) is 0 Å². The third-order valence-corrected chi connectivity index (χ3v) is 2.70. The maximum Gasteiger partial charge on any atom is 0.147 e. The second kappa shape index (κ2) is 7.89. The lowest BCUT2D eigenvalue weighted by atomic mass is 10.2. The third kappa shape index (κ3) is 5.83. The van der Waals surface area contributed by atoms with Crippen LogP contribution in [-0.2, 0) is 6.54 Å². The van der Waals surface area contributed by atoms with E-state index in [4.69, 9.17) is 0 Å². The van der Waals surface area contributed by atoms with Crippen molar-refractivity contribution in [1.29, 1.82) is 0 Å². The Morgan fingerprint density at radius 1 is 1.42 bits per heavy atom. The van der Waals surface area contributed by atoms with E-state index in [1.165, 1.54) is 0 Å². The Morgan fingerprint density at radius 2 is 2.16 bits per heavy atom. The van der Waals surface area contributed by atoms with Gasteiger partial charge in [-0.15, -0.1) is 0 Å². The Kier molecular flexibility index (Phi) is 6.50. The molecule has 0 saturated carbocycles. The molecular weight excluding hydrogens is 236 g/mol. The summed E-state index contributed by atoms with van der Waals surface area (Å²) in [6.07, 6.45) is 3.64. The summed E-state index contributed by atoms with van der Waals surface area (Å²) >= 11 is 0. The van der Waals surface area contributed by atoms with Gasteiger partial charge in [0.1, 0.15) is 5.82 Å². The van der Waals surface area contributed by atoms with Crippen molar-refractivity contribution in [2.24, 2.45) is 5.92 Å². The lowest BCUT2D eigenvalue weighted by Gasteiger charge is -2.22. The van der Waals surface area contributed by atoms with Crippen molar-refractivity contribution >= 4 is 5.82 Å². The van der Waals surface area contributed by atoms with Gasteiger partial charge in [-0.05, 0) is 26.3 Å². The molecule has 4 nitrogen and oxygen atoms in total. The molecule has 0 spiro atoms. The molecule has 1 aromatic rings. The molecule has 1 N–H and O–H groups in total. The van der Waals surface area contributed by atoms with Crippen LogP contribution in [0.5, 0.6) is 0 Å². The van der Waals surface area contributed by atoms with Crippen LogP contribution in [0.15, 0.2) is 24.5 Å². The standard InChI is InChI=1S/C15H26N4/c1-6-19(11-13(4)5)15-10-17-9-14(18-15)8-16-7-12(2)3/h9-10,12,16H,4,6-8,11H2,1-3,5H3. The Bertz CT molecular complexity index is 401. The van der Waals surface area contributed by atoms with Crippen molar-refractivity contribution in [3.8, 4) is 0 Å². The fraction of sp³-hybridized carbons (Fsp3) is 0.600. The average molecular weight is 262 g/mol. The molecule has 0 atom stereocenters. The zero-order valence-electron chi connectivity index (χ0n) is 12.6. The van der Waals surface area contributed by atoms with E-state index >= 15 is 0 Å². The molecule has 1 heterocycles. The topological polar surface area (TPSA) is 41.1 Å². The quantitative estimate of drug-likeness (QED) is 0.731.